The van der Waals surface area contributed by atoms with E-state index < -0.39 is 11.5 Å². The van der Waals surface area contributed by atoms with Crippen LogP contribution < -0.4 is 4.74 Å². The lowest BCUT2D eigenvalue weighted by Crippen LogP contribution is -2.48. The summed E-state index contributed by atoms with van der Waals surface area (Å²) < 4.78 is 5.56. The predicted molar refractivity (Wildman–Crippen MR) is 70.9 cm³/mol. The lowest BCUT2D eigenvalue weighted by atomic mass is 10.0. The molecule has 0 fully saturated rings. The molecule has 0 aliphatic carbocycles. The maximum Gasteiger partial charge on any atom is 0.323 e. The summed E-state index contributed by atoms with van der Waals surface area (Å²) in [6.45, 7) is 4.68. The van der Waals surface area contributed by atoms with Crippen LogP contribution >= 0.6 is 0 Å². The molecule has 0 saturated carbocycles. The second-order valence-corrected chi connectivity index (χ2v) is 4.80. The van der Waals surface area contributed by atoms with Crippen LogP contribution in [0.2, 0.25) is 0 Å². The third-order valence-electron chi connectivity index (χ3n) is 3.13. The predicted octanol–water partition coefficient (Wildman–Crippen LogP) is 2.25. The number of likely N-dealkylation sites (N-methyl/N-ethyl adjacent to an activating group) is 1. The Hall–Kier alpha value is -1.55. The van der Waals surface area contributed by atoms with Crippen molar-refractivity contribution in [3.63, 3.8) is 0 Å². The van der Waals surface area contributed by atoms with Gasteiger partial charge in [-0.05, 0) is 39.4 Å². The van der Waals surface area contributed by atoms with Crippen LogP contribution in [0.4, 0.5) is 0 Å². The number of aliphatic carboxylic acids is 1. The average Bonchev–Trinajstić information content (AvgIpc) is 2.35. The fraction of sp³-hybridized carbons (Fsp3) is 0.500. The van der Waals surface area contributed by atoms with E-state index in [4.69, 9.17) is 9.84 Å². The molecule has 0 spiro atoms. The van der Waals surface area contributed by atoms with Crippen molar-refractivity contribution in [2.24, 2.45) is 0 Å². The van der Waals surface area contributed by atoms with E-state index in [-0.39, 0.29) is 0 Å². The Bertz CT molecular complexity index is 376. The number of ether oxygens (including phenoxy) is 1. The third kappa shape index (κ3) is 4.04. The van der Waals surface area contributed by atoms with Crippen molar-refractivity contribution < 1.29 is 14.6 Å². The second kappa shape index (κ2) is 6.40. The van der Waals surface area contributed by atoms with Gasteiger partial charge in [-0.25, -0.2) is 0 Å². The third-order valence-corrected chi connectivity index (χ3v) is 3.13. The Morgan fingerprint density at radius 2 is 1.94 bits per heavy atom. The number of nitrogens with zero attached hydrogens (tertiary/aromatic N) is 1. The first-order valence-electron chi connectivity index (χ1n) is 6.07. The van der Waals surface area contributed by atoms with Gasteiger partial charge in [-0.2, -0.15) is 0 Å². The highest BCUT2D eigenvalue weighted by Crippen LogP contribution is 2.13. The van der Waals surface area contributed by atoms with Gasteiger partial charge in [-0.3, -0.25) is 9.69 Å². The molecule has 0 radical (unpaired) electrons. The van der Waals surface area contributed by atoms with Crippen LogP contribution in [0, 0.1) is 0 Å². The van der Waals surface area contributed by atoms with Crippen LogP contribution in [0.1, 0.15) is 20.3 Å². The summed E-state index contributed by atoms with van der Waals surface area (Å²) in [4.78, 5) is 12.9. The van der Waals surface area contributed by atoms with Gasteiger partial charge in [0.1, 0.15) is 11.3 Å². The number of carboxylic acid groups (broad SMARTS) is 1. The van der Waals surface area contributed by atoms with Crippen LogP contribution in [0.5, 0.6) is 5.75 Å². The summed E-state index contributed by atoms with van der Waals surface area (Å²) in [7, 11) is 1.82. The lowest BCUT2D eigenvalue weighted by molar-refractivity contribution is -0.148. The van der Waals surface area contributed by atoms with E-state index in [1.54, 1.807) is 13.8 Å². The van der Waals surface area contributed by atoms with Crippen molar-refractivity contribution in [3.05, 3.63) is 30.3 Å². The normalized spacial score (nSPS) is 11.6. The highest BCUT2D eigenvalue weighted by molar-refractivity contribution is 5.77. The summed E-state index contributed by atoms with van der Waals surface area (Å²) in [5.41, 5.74) is -0.841. The Labute approximate surface area is 108 Å². The molecular weight excluding hydrogens is 230 g/mol. The maximum absolute atomic E-state index is 11.0. The number of carboxylic acids is 1. The van der Waals surface area contributed by atoms with Crippen molar-refractivity contribution >= 4 is 5.97 Å². The number of benzene rings is 1. The van der Waals surface area contributed by atoms with Crippen molar-refractivity contribution in [2.75, 3.05) is 20.2 Å². The zero-order valence-corrected chi connectivity index (χ0v) is 11.2. The molecule has 100 valence electrons. The van der Waals surface area contributed by atoms with Crippen molar-refractivity contribution in [1.82, 2.24) is 4.90 Å². The summed E-state index contributed by atoms with van der Waals surface area (Å²) in [6, 6.07) is 9.61. The Balaban J connectivity index is 2.28. The van der Waals surface area contributed by atoms with Gasteiger partial charge in [0.15, 0.2) is 0 Å². The fourth-order valence-corrected chi connectivity index (χ4v) is 1.45. The molecule has 1 rings (SSSR count). The summed E-state index contributed by atoms with van der Waals surface area (Å²) >= 11 is 0. The van der Waals surface area contributed by atoms with Crippen LogP contribution in [0.3, 0.4) is 0 Å². The number of para-hydroxylation sites is 1. The van der Waals surface area contributed by atoms with Gasteiger partial charge in [-0.15, -0.1) is 0 Å². The molecule has 0 heterocycles. The maximum atomic E-state index is 11.0. The highest BCUT2D eigenvalue weighted by atomic mass is 16.5. The minimum absolute atomic E-state index is 0.587. The molecule has 1 aromatic carbocycles. The molecule has 0 aliphatic heterocycles. The van der Waals surface area contributed by atoms with E-state index in [0.717, 1.165) is 12.2 Å². The van der Waals surface area contributed by atoms with E-state index >= 15 is 0 Å². The standard InChI is InChI=1S/C14H21NO3/c1-14(2,13(16)17)15(3)10-7-11-18-12-8-5-4-6-9-12/h4-6,8-9H,7,10-11H2,1-3H3,(H,16,17). The molecule has 1 aromatic rings. The largest absolute Gasteiger partial charge is 0.494 e. The molecule has 4 heteroatoms. The van der Waals surface area contributed by atoms with Gasteiger partial charge in [0, 0.05) is 6.54 Å². The van der Waals surface area contributed by atoms with E-state index in [1.165, 1.54) is 0 Å². The Morgan fingerprint density at radius 3 is 2.50 bits per heavy atom. The van der Waals surface area contributed by atoms with Crippen LogP contribution in [0.15, 0.2) is 30.3 Å². The highest BCUT2D eigenvalue weighted by Gasteiger charge is 2.31. The molecule has 18 heavy (non-hydrogen) atoms. The van der Waals surface area contributed by atoms with E-state index in [9.17, 15) is 4.79 Å². The van der Waals surface area contributed by atoms with Gasteiger partial charge >= 0.3 is 5.97 Å². The molecule has 0 saturated heterocycles. The summed E-state index contributed by atoms with van der Waals surface area (Å²) in [6.07, 6.45) is 0.794. The lowest BCUT2D eigenvalue weighted by Gasteiger charge is -2.31. The number of hydrogen-bond acceptors (Lipinski definition) is 3. The minimum atomic E-state index is -0.841. The minimum Gasteiger partial charge on any atom is -0.494 e. The van der Waals surface area contributed by atoms with E-state index in [0.29, 0.717) is 13.2 Å². The van der Waals surface area contributed by atoms with Crippen LogP contribution in [-0.2, 0) is 4.79 Å². The molecule has 4 nitrogen and oxygen atoms in total. The molecule has 0 unspecified atom stereocenters. The van der Waals surface area contributed by atoms with Crippen molar-refractivity contribution in [1.29, 1.82) is 0 Å². The Kier molecular flexibility index (Phi) is 5.16. The molecule has 0 bridgehead atoms. The molecule has 0 aliphatic rings. The first-order chi connectivity index (χ1) is 8.44. The molecule has 0 aromatic heterocycles. The zero-order valence-electron chi connectivity index (χ0n) is 11.2. The molecule has 1 N–H and O–H groups in total. The fourth-order valence-electron chi connectivity index (χ4n) is 1.45. The second-order valence-electron chi connectivity index (χ2n) is 4.80. The van der Waals surface area contributed by atoms with Crippen LogP contribution in [0.25, 0.3) is 0 Å². The van der Waals surface area contributed by atoms with Gasteiger partial charge in [-0.1, -0.05) is 18.2 Å². The molecular formula is C14H21NO3. The van der Waals surface area contributed by atoms with E-state index in [2.05, 4.69) is 0 Å². The Morgan fingerprint density at radius 1 is 1.33 bits per heavy atom. The van der Waals surface area contributed by atoms with Gasteiger partial charge in [0.2, 0.25) is 0 Å². The van der Waals surface area contributed by atoms with Gasteiger partial charge < -0.3 is 9.84 Å². The topological polar surface area (TPSA) is 49.8 Å². The monoisotopic (exact) mass is 251 g/mol. The van der Waals surface area contributed by atoms with Crippen LogP contribution in [-0.4, -0.2) is 41.7 Å². The summed E-state index contributed by atoms with van der Waals surface area (Å²) in [5.74, 6) is 0.0339. The molecule has 0 amide bonds. The smallest absolute Gasteiger partial charge is 0.323 e. The van der Waals surface area contributed by atoms with Gasteiger partial charge in [0.25, 0.3) is 0 Å². The number of carbonyl (C=O) groups is 1. The zero-order chi connectivity index (χ0) is 13.6. The van der Waals surface area contributed by atoms with Crippen molar-refractivity contribution in [2.45, 2.75) is 25.8 Å². The van der Waals surface area contributed by atoms with E-state index in [1.807, 2.05) is 42.3 Å². The SMILES string of the molecule is CN(CCCOc1ccccc1)C(C)(C)C(=O)O. The first-order valence-corrected chi connectivity index (χ1v) is 6.07. The quantitative estimate of drug-likeness (QED) is 0.755. The first kappa shape index (κ1) is 14.5. The van der Waals surface area contributed by atoms with Crippen molar-refractivity contribution in [3.8, 4) is 5.75 Å². The summed E-state index contributed by atoms with van der Waals surface area (Å²) in [5, 5.41) is 9.07. The number of rotatable bonds is 7. The number of hydrogen-bond donors (Lipinski definition) is 1. The average molecular weight is 251 g/mol. The van der Waals surface area contributed by atoms with Gasteiger partial charge in [0.05, 0.1) is 6.61 Å². The molecule has 0 atom stereocenters.